The van der Waals surface area contributed by atoms with Crippen molar-refractivity contribution in [3.8, 4) is 11.8 Å². The Morgan fingerprint density at radius 2 is 1.92 bits per heavy atom. The van der Waals surface area contributed by atoms with Gasteiger partial charge in [-0.1, -0.05) is 42.1 Å². The molecule has 0 radical (unpaired) electrons. The molecule has 0 aromatic heterocycles. The second kappa shape index (κ2) is 7.31. The lowest BCUT2D eigenvalue weighted by Crippen LogP contribution is -2.21. The van der Waals surface area contributed by atoms with Crippen molar-refractivity contribution >= 4 is 22.2 Å². The first kappa shape index (κ1) is 16.8. The highest BCUT2D eigenvalue weighted by molar-refractivity contribution is 8.12. The zero-order chi connectivity index (χ0) is 17.9. The van der Waals surface area contributed by atoms with E-state index >= 15 is 0 Å². The van der Waals surface area contributed by atoms with Crippen molar-refractivity contribution in [1.29, 1.82) is 5.26 Å². The highest BCUT2D eigenvalue weighted by Gasteiger charge is 2.27. The number of piperidine rings is 1. The van der Waals surface area contributed by atoms with Gasteiger partial charge in [-0.2, -0.15) is 5.26 Å². The molecule has 2 heterocycles. The first-order chi connectivity index (χ1) is 12.8. The van der Waals surface area contributed by atoms with Crippen molar-refractivity contribution in [3.63, 3.8) is 0 Å². The molecule has 0 amide bonds. The molecule has 1 fully saturated rings. The Bertz CT molecular complexity index is 930. The Morgan fingerprint density at radius 3 is 2.62 bits per heavy atom. The van der Waals surface area contributed by atoms with E-state index in [1.807, 2.05) is 24.3 Å². The number of benzene rings is 2. The van der Waals surface area contributed by atoms with Gasteiger partial charge < -0.3 is 10.1 Å². The number of fused-ring (bicyclic) bond motifs is 1. The van der Waals surface area contributed by atoms with E-state index in [9.17, 15) is 5.26 Å². The molecule has 0 saturated carbocycles. The average Bonchev–Trinajstić information content (AvgIpc) is 2.73. The van der Waals surface area contributed by atoms with Crippen molar-refractivity contribution in [1.82, 2.24) is 5.32 Å². The van der Waals surface area contributed by atoms with E-state index in [-0.39, 0.29) is 0 Å². The maximum Gasteiger partial charge on any atom is 0.119 e. The summed E-state index contributed by atoms with van der Waals surface area (Å²) in [5.41, 5.74) is 5.58. The molecule has 1 saturated heterocycles. The highest BCUT2D eigenvalue weighted by Crippen LogP contribution is 2.50. The van der Waals surface area contributed by atoms with Crippen LogP contribution in [0.15, 0.2) is 59.1 Å². The van der Waals surface area contributed by atoms with Crippen LogP contribution >= 0.6 is 11.8 Å². The van der Waals surface area contributed by atoms with Crippen LogP contribution in [-0.4, -0.2) is 13.7 Å². The summed E-state index contributed by atoms with van der Waals surface area (Å²) in [6, 6.07) is 18.8. The van der Waals surface area contributed by atoms with Crippen LogP contribution in [0.5, 0.6) is 5.75 Å². The van der Waals surface area contributed by atoms with E-state index in [0.29, 0.717) is 0 Å². The summed E-state index contributed by atoms with van der Waals surface area (Å²) in [5, 5.41) is 13.4. The third-order valence-corrected chi connectivity index (χ3v) is 5.97. The Labute approximate surface area is 158 Å². The summed E-state index contributed by atoms with van der Waals surface area (Å²) >= 11 is 1.58. The summed E-state index contributed by atoms with van der Waals surface area (Å²) in [6.45, 7) is 0.996. The van der Waals surface area contributed by atoms with Crippen LogP contribution in [0.2, 0.25) is 0 Å². The molecule has 0 bridgehead atoms. The average molecular weight is 360 g/mol. The van der Waals surface area contributed by atoms with E-state index in [1.165, 1.54) is 18.5 Å². The first-order valence-electron chi connectivity index (χ1n) is 8.85. The van der Waals surface area contributed by atoms with Gasteiger partial charge in [0.25, 0.3) is 0 Å². The molecule has 2 aliphatic heterocycles. The number of nitrogens with zero attached hydrogens (tertiary/aromatic N) is 1. The molecule has 4 rings (SSSR count). The molecule has 0 spiro atoms. The van der Waals surface area contributed by atoms with E-state index in [0.717, 1.165) is 50.8 Å². The molecular formula is C22H20N2OS. The lowest BCUT2D eigenvalue weighted by atomic mass is 9.91. The maximum atomic E-state index is 9.87. The number of rotatable bonds is 2. The van der Waals surface area contributed by atoms with Crippen LogP contribution in [-0.2, 0) is 0 Å². The Hall–Kier alpha value is -2.64. The molecule has 1 N–H and O–H groups in total. The monoisotopic (exact) mass is 360 g/mol. The van der Waals surface area contributed by atoms with Gasteiger partial charge >= 0.3 is 0 Å². The zero-order valence-corrected chi connectivity index (χ0v) is 15.5. The third-order valence-electron chi connectivity index (χ3n) is 4.80. The molecule has 0 unspecified atom stereocenters. The lowest BCUT2D eigenvalue weighted by molar-refractivity contribution is 0.414. The van der Waals surface area contributed by atoms with Gasteiger partial charge in [0.05, 0.1) is 12.0 Å². The van der Waals surface area contributed by atoms with Gasteiger partial charge in [-0.15, -0.1) is 0 Å². The zero-order valence-electron chi connectivity index (χ0n) is 14.7. The van der Waals surface area contributed by atoms with Crippen LogP contribution in [0.3, 0.4) is 0 Å². The van der Waals surface area contributed by atoms with Crippen LogP contribution in [0, 0.1) is 11.3 Å². The molecule has 26 heavy (non-hydrogen) atoms. The van der Waals surface area contributed by atoms with Gasteiger partial charge in [-0.05, 0) is 48.6 Å². The molecule has 2 aromatic rings. The Morgan fingerprint density at radius 1 is 1.08 bits per heavy atom. The topological polar surface area (TPSA) is 45.0 Å². The molecule has 4 heteroatoms. The predicted molar refractivity (Wildman–Crippen MR) is 107 cm³/mol. The predicted octanol–water partition coefficient (Wildman–Crippen LogP) is 5.17. The Kier molecular flexibility index (Phi) is 4.73. The third kappa shape index (κ3) is 3.00. The fourth-order valence-corrected chi connectivity index (χ4v) is 4.69. The van der Waals surface area contributed by atoms with Crippen molar-refractivity contribution in [2.24, 2.45) is 0 Å². The maximum absolute atomic E-state index is 9.87. The van der Waals surface area contributed by atoms with Crippen molar-refractivity contribution < 1.29 is 4.74 Å². The smallest absolute Gasteiger partial charge is 0.119 e. The number of ether oxygens (including phenoxy) is 1. The Balaban J connectivity index is 1.96. The molecule has 0 aliphatic carbocycles. The van der Waals surface area contributed by atoms with Gasteiger partial charge in [0.15, 0.2) is 0 Å². The molecular weight excluding hydrogens is 340 g/mol. The number of hydrogen-bond donors (Lipinski definition) is 1. The lowest BCUT2D eigenvalue weighted by Gasteiger charge is -2.27. The largest absolute Gasteiger partial charge is 0.497 e. The number of hydrogen-bond acceptors (Lipinski definition) is 4. The second-order valence-electron chi connectivity index (χ2n) is 6.39. The molecule has 0 atom stereocenters. The highest BCUT2D eigenvalue weighted by atomic mass is 32.2. The minimum Gasteiger partial charge on any atom is -0.497 e. The van der Waals surface area contributed by atoms with E-state index in [4.69, 9.17) is 4.74 Å². The minimum atomic E-state index is 0.753. The normalized spacial score (nSPS) is 19.4. The standard InChI is InChI=1S/C22H20N2OS/c1-25-16-10-11-17-18(13-16)22(19-9-5-6-12-24-19)26-20(14-23)21(17)15-7-3-2-4-8-15/h2-4,7-8,10-11,13,24H,5-6,9,12H2,1H3/b22-19-. The number of nitrogens with one attached hydrogen (secondary N) is 1. The van der Waals surface area contributed by atoms with Crippen LogP contribution < -0.4 is 10.1 Å². The van der Waals surface area contributed by atoms with Crippen LogP contribution in [0.1, 0.15) is 36.0 Å². The minimum absolute atomic E-state index is 0.753. The van der Waals surface area contributed by atoms with Crippen LogP contribution in [0.25, 0.3) is 10.5 Å². The second-order valence-corrected chi connectivity index (χ2v) is 7.41. The van der Waals surface area contributed by atoms with Gasteiger partial charge in [0, 0.05) is 28.3 Å². The van der Waals surface area contributed by atoms with E-state index in [1.54, 1.807) is 18.9 Å². The van der Waals surface area contributed by atoms with E-state index in [2.05, 4.69) is 35.7 Å². The molecule has 130 valence electrons. The van der Waals surface area contributed by atoms with Gasteiger partial charge in [-0.25, -0.2) is 0 Å². The number of methoxy groups -OCH3 is 1. The summed E-state index contributed by atoms with van der Waals surface area (Å²) in [4.78, 5) is 1.92. The summed E-state index contributed by atoms with van der Waals surface area (Å²) in [6.07, 6.45) is 3.41. The summed E-state index contributed by atoms with van der Waals surface area (Å²) < 4.78 is 5.48. The van der Waals surface area contributed by atoms with Crippen molar-refractivity contribution in [3.05, 3.63) is 75.8 Å². The fourth-order valence-electron chi connectivity index (χ4n) is 3.53. The van der Waals surface area contributed by atoms with E-state index < -0.39 is 0 Å². The number of nitriles is 1. The number of allylic oxidation sites excluding steroid dienone is 2. The molecule has 2 aromatic carbocycles. The van der Waals surface area contributed by atoms with Crippen molar-refractivity contribution in [2.45, 2.75) is 19.3 Å². The first-order valence-corrected chi connectivity index (χ1v) is 9.67. The number of thioether (sulfide) groups is 1. The fraction of sp³-hybridized carbons (Fsp3) is 0.227. The summed E-state index contributed by atoms with van der Waals surface area (Å²) in [7, 11) is 1.69. The van der Waals surface area contributed by atoms with Gasteiger partial charge in [-0.3, -0.25) is 0 Å². The molecule has 2 aliphatic rings. The molecule has 3 nitrogen and oxygen atoms in total. The SMILES string of the molecule is COc1ccc2c(c1)/C(=C1\CCCCN1)SC(C#N)=C2c1ccccc1. The van der Waals surface area contributed by atoms with Crippen LogP contribution in [0.4, 0.5) is 0 Å². The van der Waals surface area contributed by atoms with Gasteiger partial charge in [0.1, 0.15) is 11.8 Å². The summed E-state index contributed by atoms with van der Waals surface area (Å²) in [5.74, 6) is 0.839. The quantitative estimate of drug-likeness (QED) is 0.803. The van der Waals surface area contributed by atoms with Crippen molar-refractivity contribution in [2.75, 3.05) is 13.7 Å². The van der Waals surface area contributed by atoms with Gasteiger partial charge in [0.2, 0.25) is 0 Å².